The molecular formula is C11H10N2O4. The molecule has 0 amide bonds. The first-order valence-electron chi connectivity index (χ1n) is 4.88. The quantitative estimate of drug-likeness (QED) is 0.859. The highest BCUT2D eigenvalue weighted by Gasteiger charge is 2.13. The van der Waals surface area contributed by atoms with Gasteiger partial charge in [-0.25, -0.2) is 4.79 Å². The molecule has 6 heteroatoms. The molecule has 0 atom stereocenters. The SMILES string of the molecule is COc1cccc(Cc2noc(C(=O)O)n2)c1. The largest absolute Gasteiger partial charge is 0.497 e. The third-order valence-electron chi connectivity index (χ3n) is 2.15. The molecule has 0 saturated carbocycles. The Kier molecular flexibility index (Phi) is 3.04. The molecular weight excluding hydrogens is 224 g/mol. The van der Waals surface area contributed by atoms with E-state index < -0.39 is 11.9 Å². The molecule has 0 saturated heterocycles. The van der Waals surface area contributed by atoms with Gasteiger partial charge in [-0.3, -0.25) is 0 Å². The number of hydrogen-bond donors (Lipinski definition) is 1. The number of ether oxygens (including phenoxy) is 1. The van der Waals surface area contributed by atoms with Gasteiger partial charge in [0.1, 0.15) is 5.75 Å². The van der Waals surface area contributed by atoms with Crippen LogP contribution in [0.2, 0.25) is 0 Å². The highest BCUT2D eigenvalue weighted by molar-refractivity contribution is 5.81. The van der Waals surface area contributed by atoms with E-state index >= 15 is 0 Å². The predicted molar refractivity (Wildman–Crippen MR) is 57.1 cm³/mol. The van der Waals surface area contributed by atoms with Crippen molar-refractivity contribution in [1.82, 2.24) is 10.1 Å². The Morgan fingerprint density at radius 3 is 3.00 bits per heavy atom. The fraction of sp³-hybridized carbons (Fsp3) is 0.182. The normalized spacial score (nSPS) is 10.2. The Labute approximate surface area is 96.8 Å². The number of aromatic carboxylic acids is 1. The van der Waals surface area contributed by atoms with Crippen LogP contribution in [0.4, 0.5) is 0 Å². The lowest BCUT2D eigenvalue weighted by molar-refractivity contribution is 0.0643. The minimum absolute atomic E-state index is 0.329. The van der Waals surface area contributed by atoms with Crippen LogP contribution in [0.5, 0.6) is 5.75 Å². The van der Waals surface area contributed by atoms with Crippen molar-refractivity contribution < 1.29 is 19.2 Å². The number of rotatable bonds is 4. The number of aromatic nitrogens is 2. The average molecular weight is 234 g/mol. The van der Waals surface area contributed by atoms with Crippen LogP contribution in [0.25, 0.3) is 0 Å². The maximum Gasteiger partial charge on any atom is 0.394 e. The molecule has 6 nitrogen and oxygen atoms in total. The van der Waals surface area contributed by atoms with Crippen molar-refractivity contribution in [2.45, 2.75) is 6.42 Å². The average Bonchev–Trinajstić information content (AvgIpc) is 2.78. The lowest BCUT2D eigenvalue weighted by Gasteiger charge is -2.01. The number of benzene rings is 1. The number of nitrogens with zero attached hydrogens (tertiary/aromatic N) is 2. The summed E-state index contributed by atoms with van der Waals surface area (Å²) in [7, 11) is 1.58. The minimum atomic E-state index is -1.23. The second kappa shape index (κ2) is 4.65. The van der Waals surface area contributed by atoms with Gasteiger partial charge in [0.05, 0.1) is 7.11 Å². The van der Waals surface area contributed by atoms with Gasteiger partial charge < -0.3 is 14.4 Å². The molecule has 0 spiro atoms. The van der Waals surface area contributed by atoms with Gasteiger partial charge in [-0.1, -0.05) is 17.3 Å². The lowest BCUT2D eigenvalue weighted by Crippen LogP contribution is -1.97. The first kappa shape index (κ1) is 11.1. The van der Waals surface area contributed by atoms with Gasteiger partial charge in [0.2, 0.25) is 0 Å². The van der Waals surface area contributed by atoms with E-state index in [1.54, 1.807) is 7.11 Å². The molecule has 1 N–H and O–H groups in total. The van der Waals surface area contributed by atoms with Crippen LogP contribution in [0.1, 0.15) is 22.1 Å². The molecule has 2 rings (SSSR count). The van der Waals surface area contributed by atoms with Crippen molar-refractivity contribution in [2.24, 2.45) is 0 Å². The zero-order valence-corrected chi connectivity index (χ0v) is 9.08. The maximum atomic E-state index is 10.6. The van der Waals surface area contributed by atoms with Crippen LogP contribution >= 0.6 is 0 Å². The summed E-state index contributed by atoms with van der Waals surface area (Å²) < 4.78 is 9.64. The van der Waals surface area contributed by atoms with Gasteiger partial charge in [0.15, 0.2) is 5.82 Å². The zero-order valence-electron chi connectivity index (χ0n) is 9.08. The zero-order chi connectivity index (χ0) is 12.3. The summed E-state index contributed by atoms with van der Waals surface area (Å²) in [6.45, 7) is 0. The Hall–Kier alpha value is -2.37. The molecule has 0 aliphatic rings. The number of methoxy groups -OCH3 is 1. The summed E-state index contributed by atoms with van der Waals surface area (Å²) in [6.07, 6.45) is 0.397. The van der Waals surface area contributed by atoms with Crippen molar-refractivity contribution in [3.05, 3.63) is 41.5 Å². The van der Waals surface area contributed by atoms with Crippen molar-refractivity contribution >= 4 is 5.97 Å². The highest BCUT2D eigenvalue weighted by Crippen LogP contribution is 2.14. The summed E-state index contributed by atoms with van der Waals surface area (Å²) >= 11 is 0. The monoisotopic (exact) mass is 234 g/mol. The van der Waals surface area contributed by atoms with E-state index in [0.717, 1.165) is 11.3 Å². The topological polar surface area (TPSA) is 85.5 Å². The summed E-state index contributed by atoms with van der Waals surface area (Å²) in [5.74, 6) is -0.572. The van der Waals surface area contributed by atoms with E-state index in [1.807, 2.05) is 24.3 Å². The van der Waals surface area contributed by atoms with Gasteiger partial charge in [-0.15, -0.1) is 0 Å². The predicted octanol–water partition coefficient (Wildman–Crippen LogP) is 1.37. The molecule has 0 unspecified atom stereocenters. The molecule has 1 heterocycles. The minimum Gasteiger partial charge on any atom is -0.497 e. The van der Waals surface area contributed by atoms with Gasteiger partial charge in [-0.05, 0) is 17.7 Å². The number of carbonyl (C=O) groups is 1. The second-order valence-corrected chi connectivity index (χ2v) is 3.35. The lowest BCUT2D eigenvalue weighted by atomic mass is 10.1. The number of hydrogen-bond acceptors (Lipinski definition) is 5. The Morgan fingerprint density at radius 2 is 2.35 bits per heavy atom. The molecule has 0 aliphatic carbocycles. The fourth-order valence-electron chi connectivity index (χ4n) is 1.38. The van der Waals surface area contributed by atoms with Gasteiger partial charge >= 0.3 is 11.9 Å². The smallest absolute Gasteiger partial charge is 0.394 e. The van der Waals surface area contributed by atoms with Crippen LogP contribution in [0.3, 0.4) is 0 Å². The van der Waals surface area contributed by atoms with E-state index in [-0.39, 0.29) is 0 Å². The van der Waals surface area contributed by atoms with Crippen LogP contribution in [-0.2, 0) is 6.42 Å². The molecule has 17 heavy (non-hydrogen) atoms. The molecule has 0 radical (unpaired) electrons. The molecule has 0 bridgehead atoms. The highest BCUT2D eigenvalue weighted by atomic mass is 16.5. The van der Waals surface area contributed by atoms with Crippen molar-refractivity contribution in [3.63, 3.8) is 0 Å². The second-order valence-electron chi connectivity index (χ2n) is 3.35. The third-order valence-corrected chi connectivity index (χ3v) is 2.15. The Bertz CT molecular complexity index is 536. The first-order chi connectivity index (χ1) is 8.19. The maximum absolute atomic E-state index is 10.6. The Balaban J connectivity index is 2.16. The molecule has 2 aromatic rings. The van der Waals surface area contributed by atoms with E-state index in [9.17, 15) is 4.79 Å². The van der Waals surface area contributed by atoms with Crippen LogP contribution in [0.15, 0.2) is 28.8 Å². The summed E-state index contributed by atoms with van der Waals surface area (Å²) in [5, 5.41) is 12.2. The van der Waals surface area contributed by atoms with Gasteiger partial charge in [-0.2, -0.15) is 4.98 Å². The van der Waals surface area contributed by atoms with Crippen LogP contribution in [0, 0.1) is 0 Å². The molecule has 0 aliphatic heterocycles. The molecule has 1 aromatic carbocycles. The standard InChI is InChI=1S/C11H10N2O4/c1-16-8-4-2-3-7(5-8)6-9-12-10(11(14)15)17-13-9/h2-5H,6H2,1H3,(H,14,15). The van der Waals surface area contributed by atoms with E-state index in [0.29, 0.717) is 12.2 Å². The van der Waals surface area contributed by atoms with Gasteiger partial charge in [0, 0.05) is 6.42 Å². The van der Waals surface area contributed by atoms with Crippen molar-refractivity contribution in [3.8, 4) is 5.75 Å². The number of carboxylic acid groups (broad SMARTS) is 1. The summed E-state index contributed by atoms with van der Waals surface area (Å²) in [6, 6.07) is 7.37. The molecule has 1 aromatic heterocycles. The van der Waals surface area contributed by atoms with Crippen molar-refractivity contribution in [2.75, 3.05) is 7.11 Å². The van der Waals surface area contributed by atoms with E-state index in [2.05, 4.69) is 14.7 Å². The van der Waals surface area contributed by atoms with Crippen LogP contribution in [-0.4, -0.2) is 28.3 Å². The third kappa shape index (κ3) is 2.60. The Morgan fingerprint density at radius 1 is 1.53 bits per heavy atom. The van der Waals surface area contributed by atoms with Gasteiger partial charge in [0.25, 0.3) is 0 Å². The van der Waals surface area contributed by atoms with Crippen LogP contribution < -0.4 is 4.74 Å². The van der Waals surface area contributed by atoms with E-state index in [4.69, 9.17) is 9.84 Å². The summed E-state index contributed by atoms with van der Waals surface area (Å²) in [4.78, 5) is 14.3. The molecule has 0 fully saturated rings. The van der Waals surface area contributed by atoms with Crippen molar-refractivity contribution in [1.29, 1.82) is 0 Å². The van der Waals surface area contributed by atoms with E-state index in [1.165, 1.54) is 0 Å². The first-order valence-corrected chi connectivity index (χ1v) is 4.88. The summed E-state index contributed by atoms with van der Waals surface area (Å²) in [5.41, 5.74) is 0.919. The molecule has 88 valence electrons. The fourth-order valence-corrected chi connectivity index (χ4v) is 1.38. The number of carboxylic acids is 1.